The second kappa shape index (κ2) is 3.64. The van der Waals surface area contributed by atoms with Gasteiger partial charge in [0, 0.05) is 0 Å². The van der Waals surface area contributed by atoms with Gasteiger partial charge < -0.3 is 5.11 Å². The van der Waals surface area contributed by atoms with Gasteiger partial charge in [-0.2, -0.15) is 0 Å². The first-order valence-corrected chi connectivity index (χ1v) is 6.10. The minimum absolute atomic E-state index is 0.199. The highest BCUT2D eigenvalue weighted by Crippen LogP contribution is 2.43. The van der Waals surface area contributed by atoms with Crippen molar-refractivity contribution < 1.29 is 5.11 Å². The summed E-state index contributed by atoms with van der Waals surface area (Å²) in [4.78, 5) is 0. The van der Waals surface area contributed by atoms with Crippen LogP contribution in [0.5, 0.6) is 0 Å². The lowest BCUT2D eigenvalue weighted by Gasteiger charge is -2.30. The molecule has 0 radical (unpaired) electrons. The van der Waals surface area contributed by atoms with Crippen LogP contribution >= 0.6 is 0 Å². The van der Waals surface area contributed by atoms with Crippen LogP contribution in [0.1, 0.15) is 42.9 Å². The van der Waals surface area contributed by atoms with Gasteiger partial charge in [-0.15, -0.1) is 0 Å². The lowest BCUT2D eigenvalue weighted by Crippen LogP contribution is -2.20. The Morgan fingerprint density at radius 1 is 1.13 bits per heavy atom. The van der Waals surface area contributed by atoms with E-state index in [-0.39, 0.29) is 6.10 Å². The smallest absolute Gasteiger partial charge is 0.0821 e. The largest absolute Gasteiger partial charge is 0.388 e. The van der Waals surface area contributed by atoms with E-state index < -0.39 is 0 Å². The zero-order chi connectivity index (χ0) is 10.3. The highest BCUT2D eigenvalue weighted by Gasteiger charge is 2.32. The molecule has 0 spiro atoms. The van der Waals surface area contributed by atoms with Crippen LogP contribution in [0.2, 0.25) is 0 Å². The van der Waals surface area contributed by atoms with Crippen LogP contribution in [0.3, 0.4) is 0 Å². The van der Waals surface area contributed by atoms with Crippen molar-refractivity contribution in [3.63, 3.8) is 0 Å². The molecule has 1 fully saturated rings. The Bertz CT molecular complexity index is 354. The summed E-state index contributed by atoms with van der Waals surface area (Å²) in [5, 5.41) is 10.3. The van der Waals surface area contributed by atoms with E-state index in [9.17, 15) is 5.11 Å². The van der Waals surface area contributed by atoms with Crippen molar-refractivity contribution in [3.8, 4) is 0 Å². The van der Waals surface area contributed by atoms with E-state index in [1.165, 1.54) is 36.8 Å². The molecule has 0 amide bonds. The van der Waals surface area contributed by atoms with E-state index in [1.807, 2.05) is 6.07 Å². The molecule has 0 saturated heterocycles. The second-order valence-corrected chi connectivity index (χ2v) is 5.12. The van der Waals surface area contributed by atoms with E-state index in [2.05, 4.69) is 18.2 Å². The first kappa shape index (κ1) is 9.41. The number of aryl methyl sites for hydroxylation is 1. The van der Waals surface area contributed by atoms with Crippen molar-refractivity contribution in [1.82, 2.24) is 0 Å². The third-order valence-electron chi connectivity index (χ3n) is 3.94. The molecule has 2 atom stereocenters. The topological polar surface area (TPSA) is 20.2 Å². The van der Waals surface area contributed by atoms with Crippen LogP contribution in [0, 0.1) is 11.8 Å². The van der Waals surface area contributed by atoms with Crippen LogP contribution in [0.15, 0.2) is 24.3 Å². The average Bonchev–Trinajstić information content (AvgIpc) is 3.07. The van der Waals surface area contributed by atoms with Gasteiger partial charge in [-0.25, -0.2) is 0 Å². The Balaban J connectivity index is 1.81. The Labute approximate surface area is 91.1 Å². The molecule has 0 bridgehead atoms. The first-order valence-electron chi connectivity index (χ1n) is 6.10. The molecule has 2 aliphatic carbocycles. The molecule has 2 aliphatic rings. The van der Waals surface area contributed by atoms with Crippen LogP contribution in [0.4, 0.5) is 0 Å². The predicted molar refractivity (Wildman–Crippen MR) is 60.6 cm³/mol. The van der Waals surface area contributed by atoms with Gasteiger partial charge in [-0.1, -0.05) is 37.1 Å². The average molecular weight is 202 g/mol. The van der Waals surface area contributed by atoms with Gasteiger partial charge >= 0.3 is 0 Å². The number of aliphatic hydroxyl groups is 1. The number of fused-ring (bicyclic) bond motifs is 1. The van der Waals surface area contributed by atoms with Gasteiger partial charge in [-0.05, 0) is 42.2 Å². The van der Waals surface area contributed by atoms with Gasteiger partial charge in [0.15, 0.2) is 0 Å². The normalized spacial score (nSPS) is 29.9. The van der Waals surface area contributed by atoms with E-state index in [4.69, 9.17) is 0 Å². The van der Waals surface area contributed by atoms with E-state index in [0.717, 1.165) is 12.3 Å². The fraction of sp³-hybridized carbons (Fsp3) is 0.571. The summed E-state index contributed by atoms with van der Waals surface area (Å²) in [5.74, 6) is 1.45. The molecule has 0 heterocycles. The quantitative estimate of drug-likeness (QED) is 0.781. The molecule has 1 heteroatoms. The molecular weight excluding hydrogens is 184 g/mol. The molecule has 3 rings (SSSR count). The van der Waals surface area contributed by atoms with Crippen LogP contribution in [-0.4, -0.2) is 5.11 Å². The minimum Gasteiger partial charge on any atom is -0.388 e. The Morgan fingerprint density at radius 3 is 2.73 bits per heavy atom. The number of hydrogen-bond acceptors (Lipinski definition) is 1. The molecule has 15 heavy (non-hydrogen) atoms. The fourth-order valence-electron chi connectivity index (χ4n) is 2.83. The van der Waals surface area contributed by atoms with E-state index >= 15 is 0 Å². The van der Waals surface area contributed by atoms with Gasteiger partial charge in [0.2, 0.25) is 0 Å². The zero-order valence-electron chi connectivity index (χ0n) is 9.02. The molecule has 0 aromatic heterocycles. The molecular formula is C14H18O. The van der Waals surface area contributed by atoms with Crippen LogP contribution in [0.25, 0.3) is 0 Å². The van der Waals surface area contributed by atoms with Crippen LogP contribution in [-0.2, 0) is 6.42 Å². The molecule has 2 unspecified atom stereocenters. The van der Waals surface area contributed by atoms with Crippen molar-refractivity contribution >= 4 is 0 Å². The van der Waals surface area contributed by atoms with Crippen molar-refractivity contribution in [3.05, 3.63) is 35.4 Å². The highest BCUT2D eigenvalue weighted by atomic mass is 16.3. The predicted octanol–water partition coefficient (Wildman–Crippen LogP) is 3.08. The van der Waals surface area contributed by atoms with Crippen LogP contribution < -0.4 is 0 Å². The number of aliphatic hydroxyl groups excluding tert-OH is 1. The zero-order valence-corrected chi connectivity index (χ0v) is 9.02. The van der Waals surface area contributed by atoms with E-state index in [0.29, 0.717) is 5.92 Å². The number of benzene rings is 1. The summed E-state index contributed by atoms with van der Waals surface area (Å²) in [7, 11) is 0. The minimum atomic E-state index is -0.199. The molecule has 1 N–H and O–H groups in total. The van der Waals surface area contributed by atoms with Crippen molar-refractivity contribution in [2.75, 3.05) is 0 Å². The molecule has 0 aliphatic heterocycles. The monoisotopic (exact) mass is 202 g/mol. The first-order chi connectivity index (χ1) is 7.34. The summed E-state index contributed by atoms with van der Waals surface area (Å²) in [5.41, 5.74) is 2.55. The van der Waals surface area contributed by atoms with Gasteiger partial charge in [0.25, 0.3) is 0 Å². The third-order valence-corrected chi connectivity index (χ3v) is 3.94. The SMILES string of the molecule is OC1c2ccccc2CCC1CC1CC1. The maximum atomic E-state index is 10.3. The Hall–Kier alpha value is -0.820. The second-order valence-electron chi connectivity index (χ2n) is 5.12. The lowest BCUT2D eigenvalue weighted by molar-refractivity contribution is 0.0852. The highest BCUT2D eigenvalue weighted by molar-refractivity contribution is 5.31. The number of rotatable bonds is 2. The maximum Gasteiger partial charge on any atom is 0.0821 e. The molecule has 1 aromatic carbocycles. The third kappa shape index (κ3) is 1.81. The molecule has 80 valence electrons. The van der Waals surface area contributed by atoms with E-state index in [1.54, 1.807) is 0 Å². The Kier molecular flexibility index (Phi) is 2.28. The lowest BCUT2D eigenvalue weighted by atomic mass is 9.79. The summed E-state index contributed by atoms with van der Waals surface area (Å²) < 4.78 is 0. The maximum absolute atomic E-state index is 10.3. The summed E-state index contributed by atoms with van der Waals surface area (Å²) in [6.45, 7) is 0. The van der Waals surface area contributed by atoms with Crippen molar-refractivity contribution in [2.24, 2.45) is 11.8 Å². The van der Waals surface area contributed by atoms with Crippen molar-refractivity contribution in [2.45, 2.75) is 38.2 Å². The van der Waals surface area contributed by atoms with Gasteiger partial charge in [0.1, 0.15) is 0 Å². The summed E-state index contributed by atoms with van der Waals surface area (Å²) in [6.07, 6.45) is 6.17. The molecule has 1 aromatic rings. The van der Waals surface area contributed by atoms with Gasteiger partial charge in [-0.3, -0.25) is 0 Å². The molecule has 1 saturated carbocycles. The van der Waals surface area contributed by atoms with Gasteiger partial charge in [0.05, 0.1) is 6.10 Å². The fourth-order valence-corrected chi connectivity index (χ4v) is 2.83. The summed E-state index contributed by atoms with van der Waals surface area (Å²) in [6, 6.07) is 8.37. The van der Waals surface area contributed by atoms with Crippen molar-refractivity contribution in [1.29, 1.82) is 0 Å². The molecule has 1 nitrogen and oxygen atoms in total. The number of hydrogen-bond donors (Lipinski definition) is 1. The standard InChI is InChI=1S/C14H18O/c15-14-12(9-10-5-6-10)8-7-11-3-1-2-4-13(11)14/h1-4,10,12,14-15H,5-9H2. The Morgan fingerprint density at radius 2 is 1.93 bits per heavy atom. The summed E-state index contributed by atoms with van der Waals surface area (Å²) >= 11 is 0.